The molecule has 0 saturated carbocycles. The van der Waals surface area contributed by atoms with Crippen molar-refractivity contribution in [1.29, 1.82) is 0 Å². The fourth-order valence-electron chi connectivity index (χ4n) is 2.25. The number of aryl methyl sites for hydroxylation is 1. The smallest absolute Gasteiger partial charge is 0.153 e. The van der Waals surface area contributed by atoms with Gasteiger partial charge in [0.2, 0.25) is 0 Å². The van der Waals surface area contributed by atoms with Crippen molar-refractivity contribution in [2.45, 2.75) is 38.0 Å². The average Bonchev–Trinajstić information content (AvgIpc) is 2.80. The predicted molar refractivity (Wildman–Crippen MR) is 64.1 cm³/mol. The summed E-state index contributed by atoms with van der Waals surface area (Å²) in [6.07, 6.45) is 2.74. The highest BCUT2D eigenvalue weighted by molar-refractivity contribution is 9.10. The van der Waals surface area contributed by atoms with Crippen molar-refractivity contribution in [3.63, 3.8) is 0 Å². The highest BCUT2D eigenvalue weighted by Gasteiger charge is 2.33. The molecule has 1 aliphatic heterocycles. The molecule has 5 nitrogen and oxygen atoms in total. The second-order valence-electron chi connectivity index (χ2n) is 4.22. The summed E-state index contributed by atoms with van der Waals surface area (Å²) in [6, 6.07) is 0.138. The molecule has 0 spiro atoms. The van der Waals surface area contributed by atoms with E-state index in [1.807, 2.05) is 14.1 Å². The van der Waals surface area contributed by atoms with Crippen molar-refractivity contribution in [2.24, 2.45) is 7.05 Å². The van der Waals surface area contributed by atoms with E-state index in [1.165, 1.54) is 0 Å². The van der Waals surface area contributed by atoms with Gasteiger partial charge in [-0.1, -0.05) is 5.21 Å². The Hall–Kier alpha value is -0.460. The molecule has 0 amide bonds. The molecular formula is C10H17BrN4O. The third kappa shape index (κ3) is 2.14. The third-order valence-electron chi connectivity index (χ3n) is 3.07. The maximum absolute atomic E-state index is 5.90. The number of hydrogen-bond donors (Lipinski definition) is 1. The lowest BCUT2D eigenvalue weighted by Gasteiger charge is -2.23. The van der Waals surface area contributed by atoms with Crippen LogP contribution in [0.4, 0.5) is 0 Å². The zero-order valence-electron chi connectivity index (χ0n) is 9.77. The molecule has 2 rings (SSSR count). The molecule has 90 valence electrons. The summed E-state index contributed by atoms with van der Waals surface area (Å²) in [6.45, 7) is 2.11. The molecule has 3 unspecified atom stereocenters. The van der Waals surface area contributed by atoms with E-state index in [0.29, 0.717) is 6.10 Å². The van der Waals surface area contributed by atoms with Gasteiger partial charge in [0.1, 0.15) is 0 Å². The van der Waals surface area contributed by atoms with E-state index in [1.54, 1.807) is 4.68 Å². The van der Waals surface area contributed by atoms with E-state index in [4.69, 9.17) is 4.74 Å². The molecule has 3 atom stereocenters. The monoisotopic (exact) mass is 288 g/mol. The summed E-state index contributed by atoms with van der Waals surface area (Å²) in [5.74, 6) is 0. The largest absolute Gasteiger partial charge is 0.373 e. The van der Waals surface area contributed by atoms with Gasteiger partial charge in [0.05, 0.1) is 23.9 Å². The second-order valence-corrected chi connectivity index (χ2v) is 4.97. The lowest BCUT2D eigenvalue weighted by molar-refractivity contribution is 0.0314. The summed E-state index contributed by atoms with van der Waals surface area (Å²) < 4.78 is 8.47. The van der Waals surface area contributed by atoms with E-state index < -0.39 is 0 Å². The third-order valence-corrected chi connectivity index (χ3v) is 3.63. The van der Waals surface area contributed by atoms with Gasteiger partial charge < -0.3 is 10.1 Å². The van der Waals surface area contributed by atoms with Gasteiger partial charge in [0.25, 0.3) is 0 Å². The van der Waals surface area contributed by atoms with Crippen LogP contribution in [-0.4, -0.2) is 34.2 Å². The van der Waals surface area contributed by atoms with E-state index in [0.717, 1.165) is 23.1 Å². The van der Waals surface area contributed by atoms with Crippen LogP contribution in [-0.2, 0) is 11.8 Å². The van der Waals surface area contributed by atoms with Gasteiger partial charge in [-0.25, -0.2) is 4.68 Å². The number of aromatic nitrogens is 3. The van der Waals surface area contributed by atoms with Gasteiger partial charge in [0, 0.05) is 7.05 Å². The number of nitrogens with one attached hydrogen (secondary N) is 1. The highest BCUT2D eigenvalue weighted by atomic mass is 79.9. The number of ether oxygens (including phenoxy) is 1. The molecule has 2 heterocycles. The van der Waals surface area contributed by atoms with Crippen LogP contribution in [0, 0.1) is 0 Å². The van der Waals surface area contributed by atoms with Gasteiger partial charge in [-0.15, -0.1) is 5.10 Å². The van der Waals surface area contributed by atoms with E-state index >= 15 is 0 Å². The molecule has 1 aliphatic rings. The van der Waals surface area contributed by atoms with Crippen molar-refractivity contribution in [1.82, 2.24) is 20.3 Å². The minimum atomic E-state index is 0.138. The first kappa shape index (κ1) is 12.0. The Kier molecular flexibility index (Phi) is 3.61. The Morgan fingerprint density at radius 2 is 2.31 bits per heavy atom. The highest BCUT2D eigenvalue weighted by Crippen LogP contribution is 2.32. The molecule has 1 aromatic rings. The fourth-order valence-corrected chi connectivity index (χ4v) is 2.82. The summed E-state index contributed by atoms with van der Waals surface area (Å²) >= 11 is 3.43. The summed E-state index contributed by atoms with van der Waals surface area (Å²) in [7, 11) is 3.84. The molecule has 16 heavy (non-hydrogen) atoms. The number of nitrogens with zero attached hydrogens (tertiary/aromatic N) is 3. The average molecular weight is 289 g/mol. The Balaban J connectivity index is 2.22. The molecule has 0 radical (unpaired) electrons. The Morgan fingerprint density at radius 1 is 1.56 bits per heavy atom. The van der Waals surface area contributed by atoms with Crippen LogP contribution in [0.3, 0.4) is 0 Å². The summed E-state index contributed by atoms with van der Waals surface area (Å²) in [4.78, 5) is 0. The van der Waals surface area contributed by atoms with Crippen LogP contribution in [0.25, 0.3) is 0 Å². The lowest BCUT2D eigenvalue weighted by Crippen LogP contribution is -2.31. The number of hydrogen-bond acceptors (Lipinski definition) is 4. The van der Waals surface area contributed by atoms with Crippen LogP contribution in [0.5, 0.6) is 0 Å². The zero-order chi connectivity index (χ0) is 11.7. The fraction of sp³-hybridized carbons (Fsp3) is 0.800. The maximum atomic E-state index is 5.90. The first-order valence-corrected chi connectivity index (χ1v) is 6.30. The molecular weight excluding hydrogens is 272 g/mol. The van der Waals surface area contributed by atoms with Crippen molar-refractivity contribution in [2.75, 3.05) is 7.05 Å². The normalized spacial score (nSPS) is 27.2. The number of halogens is 1. The van der Waals surface area contributed by atoms with Gasteiger partial charge in [-0.05, 0) is 42.7 Å². The first-order valence-electron chi connectivity index (χ1n) is 5.51. The lowest BCUT2D eigenvalue weighted by atomic mass is 10.0. The van der Waals surface area contributed by atoms with Crippen molar-refractivity contribution < 1.29 is 4.74 Å². The van der Waals surface area contributed by atoms with Gasteiger partial charge in [0.15, 0.2) is 4.60 Å². The molecule has 0 bridgehead atoms. The molecule has 1 saturated heterocycles. The minimum Gasteiger partial charge on any atom is -0.373 e. The van der Waals surface area contributed by atoms with Crippen LogP contribution in [0.15, 0.2) is 4.60 Å². The number of likely N-dealkylation sites (N-methyl/N-ethyl adjacent to an activating group) is 1. The van der Waals surface area contributed by atoms with Gasteiger partial charge in [-0.3, -0.25) is 0 Å². The summed E-state index contributed by atoms with van der Waals surface area (Å²) in [5, 5.41) is 11.3. The van der Waals surface area contributed by atoms with E-state index in [2.05, 4.69) is 38.5 Å². The second kappa shape index (κ2) is 4.81. The van der Waals surface area contributed by atoms with Crippen LogP contribution < -0.4 is 5.32 Å². The molecule has 6 heteroatoms. The maximum Gasteiger partial charge on any atom is 0.153 e. The van der Waals surface area contributed by atoms with E-state index in [9.17, 15) is 0 Å². The molecule has 1 aromatic heterocycles. The standard InChI is InChI=1S/C10H17BrN4O/c1-6-4-5-7(16-6)8(12-2)9-10(11)13-14-15(9)3/h6-8,12H,4-5H2,1-3H3. The van der Waals surface area contributed by atoms with Crippen LogP contribution >= 0.6 is 15.9 Å². The minimum absolute atomic E-state index is 0.138. The zero-order valence-corrected chi connectivity index (χ0v) is 11.4. The van der Waals surface area contributed by atoms with Crippen LogP contribution in [0.2, 0.25) is 0 Å². The van der Waals surface area contributed by atoms with E-state index in [-0.39, 0.29) is 12.1 Å². The first-order chi connectivity index (χ1) is 7.63. The van der Waals surface area contributed by atoms with Gasteiger partial charge >= 0.3 is 0 Å². The predicted octanol–water partition coefficient (Wildman–Crippen LogP) is 1.41. The number of rotatable bonds is 3. The molecule has 1 N–H and O–H groups in total. The van der Waals surface area contributed by atoms with Crippen molar-refractivity contribution in [3.05, 3.63) is 10.3 Å². The topological polar surface area (TPSA) is 52.0 Å². The van der Waals surface area contributed by atoms with Crippen LogP contribution in [0.1, 0.15) is 31.5 Å². The SMILES string of the molecule is CNC(c1c(Br)nnn1C)C1CCC(C)O1. The van der Waals surface area contributed by atoms with Crippen molar-refractivity contribution in [3.8, 4) is 0 Å². The Morgan fingerprint density at radius 3 is 2.75 bits per heavy atom. The Labute approximate surface area is 104 Å². The Bertz CT molecular complexity index is 348. The summed E-state index contributed by atoms with van der Waals surface area (Å²) in [5.41, 5.74) is 1.04. The molecule has 0 aliphatic carbocycles. The molecule has 0 aromatic carbocycles. The molecule has 1 fully saturated rings. The van der Waals surface area contributed by atoms with Crippen molar-refractivity contribution >= 4 is 15.9 Å². The van der Waals surface area contributed by atoms with Gasteiger partial charge in [-0.2, -0.15) is 0 Å². The quantitative estimate of drug-likeness (QED) is 0.914.